The van der Waals surface area contributed by atoms with Crippen LogP contribution in [0.5, 0.6) is 0 Å². The highest BCUT2D eigenvalue weighted by atomic mass is 32.2. The van der Waals surface area contributed by atoms with Crippen LogP contribution in [0.1, 0.15) is 36.8 Å². The lowest BCUT2D eigenvalue weighted by atomic mass is 10.0. The highest BCUT2D eigenvalue weighted by Crippen LogP contribution is 2.24. The first-order valence-corrected chi connectivity index (χ1v) is 15.1. The third kappa shape index (κ3) is 7.44. The number of carbonyl (C=O) groups excluding carboxylic acids is 2. The number of hydrogen-bond donors (Lipinski definition) is 1. The van der Waals surface area contributed by atoms with Crippen molar-refractivity contribution in [3.63, 3.8) is 0 Å². The van der Waals surface area contributed by atoms with E-state index in [4.69, 9.17) is 0 Å². The molecule has 0 spiro atoms. The lowest BCUT2D eigenvalue weighted by Gasteiger charge is -2.34. The molecule has 1 N–H and O–H groups in total. The van der Waals surface area contributed by atoms with E-state index in [0.29, 0.717) is 4.31 Å². The monoisotopic (exact) mass is 569 g/mol. The highest BCUT2D eigenvalue weighted by Gasteiger charge is 2.35. The fraction of sp³-hybridized carbons (Fsp3) is 0.333. The van der Waals surface area contributed by atoms with Gasteiger partial charge in [0.2, 0.25) is 21.8 Å². The van der Waals surface area contributed by atoms with Gasteiger partial charge in [-0.25, -0.2) is 17.2 Å². The normalized spacial score (nSPS) is 14.5. The minimum Gasteiger partial charge on any atom is -0.352 e. The molecule has 0 saturated heterocycles. The molecule has 0 bridgehead atoms. The predicted molar refractivity (Wildman–Crippen MR) is 150 cm³/mol. The lowest BCUT2D eigenvalue weighted by molar-refractivity contribution is -0.140. The summed E-state index contributed by atoms with van der Waals surface area (Å²) in [5.41, 5.74) is 0.646. The average Bonchev–Trinajstić information content (AvgIpc) is 3.43. The Kier molecular flexibility index (Phi) is 9.52. The first-order valence-electron chi connectivity index (χ1n) is 13.2. The van der Waals surface area contributed by atoms with Crippen molar-refractivity contribution in [2.45, 2.75) is 50.7 Å². The van der Waals surface area contributed by atoms with Crippen molar-refractivity contribution in [1.82, 2.24) is 10.2 Å². The molecule has 1 fully saturated rings. The van der Waals surface area contributed by atoms with Crippen molar-refractivity contribution < 1.29 is 26.8 Å². The molecule has 4 rings (SSSR count). The maximum Gasteiger partial charge on any atom is 0.244 e. The Hall–Kier alpha value is -3.79. The minimum absolute atomic E-state index is 0.0397. The van der Waals surface area contributed by atoms with Gasteiger partial charge in [0.25, 0.3) is 0 Å². The molecule has 0 unspecified atom stereocenters. The average molecular weight is 570 g/mol. The van der Waals surface area contributed by atoms with Gasteiger partial charge >= 0.3 is 0 Å². The van der Waals surface area contributed by atoms with Crippen molar-refractivity contribution in [1.29, 1.82) is 0 Å². The Labute approximate surface area is 233 Å². The van der Waals surface area contributed by atoms with Gasteiger partial charge < -0.3 is 10.2 Å². The summed E-state index contributed by atoms with van der Waals surface area (Å²) in [7, 11) is -4.10. The van der Waals surface area contributed by atoms with E-state index < -0.39 is 46.1 Å². The van der Waals surface area contributed by atoms with E-state index in [0.717, 1.165) is 43.6 Å². The molecule has 40 heavy (non-hydrogen) atoms. The highest BCUT2D eigenvalue weighted by molar-refractivity contribution is 7.92. The molecule has 1 atom stereocenters. The number of carbonyl (C=O) groups is 2. The molecular weight excluding hydrogens is 536 g/mol. The number of rotatable bonds is 11. The van der Waals surface area contributed by atoms with E-state index in [1.165, 1.54) is 41.3 Å². The zero-order chi connectivity index (χ0) is 28.7. The summed E-state index contributed by atoms with van der Waals surface area (Å²) in [4.78, 5) is 28.9. The Balaban J connectivity index is 1.74. The molecule has 212 valence electrons. The van der Waals surface area contributed by atoms with Crippen molar-refractivity contribution in [3.05, 3.63) is 102 Å². The van der Waals surface area contributed by atoms with Gasteiger partial charge in [-0.2, -0.15) is 0 Å². The maximum absolute atomic E-state index is 14.8. The summed E-state index contributed by atoms with van der Waals surface area (Å²) in [5.74, 6) is -2.55. The molecule has 0 aromatic heterocycles. The Bertz CT molecular complexity index is 1430. The molecule has 1 aliphatic rings. The first-order chi connectivity index (χ1) is 19.1. The van der Waals surface area contributed by atoms with Crippen LogP contribution in [0.3, 0.4) is 0 Å². The van der Waals surface area contributed by atoms with Crippen LogP contribution in [0, 0.1) is 11.6 Å². The predicted octanol–water partition coefficient (Wildman–Crippen LogP) is 4.43. The van der Waals surface area contributed by atoms with Crippen LogP contribution in [0.25, 0.3) is 0 Å². The molecule has 1 aliphatic carbocycles. The molecule has 2 amide bonds. The number of anilines is 1. The van der Waals surface area contributed by atoms with Gasteiger partial charge in [0.15, 0.2) is 0 Å². The molecular formula is C30H33F2N3O4S. The Morgan fingerprint density at radius 3 is 2.12 bits per heavy atom. The van der Waals surface area contributed by atoms with Crippen LogP contribution in [0.2, 0.25) is 0 Å². The molecule has 10 heteroatoms. The number of nitrogens with zero attached hydrogens (tertiary/aromatic N) is 2. The van der Waals surface area contributed by atoms with Crippen LogP contribution in [-0.4, -0.2) is 50.0 Å². The zero-order valence-electron chi connectivity index (χ0n) is 22.3. The fourth-order valence-corrected chi connectivity index (χ4v) is 5.83. The molecule has 0 radical (unpaired) electrons. The molecule has 3 aromatic carbocycles. The van der Waals surface area contributed by atoms with Gasteiger partial charge in [0.05, 0.1) is 11.9 Å². The number of para-hydroxylation sites is 1. The van der Waals surface area contributed by atoms with E-state index >= 15 is 0 Å². The van der Waals surface area contributed by atoms with Gasteiger partial charge in [-0.15, -0.1) is 0 Å². The topological polar surface area (TPSA) is 86.8 Å². The number of amides is 2. The first kappa shape index (κ1) is 29.2. The van der Waals surface area contributed by atoms with E-state index in [1.807, 2.05) is 30.3 Å². The smallest absolute Gasteiger partial charge is 0.244 e. The maximum atomic E-state index is 14.8. The fourth-order valence-electron chi connectivity index (χ4n) is 4.98. The van der Waals surface area contributed by atoms with Crippen LogP contribution in [0.4, 0.5) is 14.5 Å². The van der Waals surface area contributed by atoms with Crippen molar-refractivity contribution >= 4 is 27.5 Å². The summed E-state index contributed by atoms with van der Waals surface area (Å²) in [6, 6.07) is 19.1. The van der Waals surface area contributed by atoms with Gasteiger partial charge in [-0.1, -0.05) is 73.5 Å². The van der Waals surface area contributed by atoms with Crippen LogP contribution >= 0.6 is 0 Å². The summed E-state index contributed by atoms with van der Waals surface area (Å²) in [5, 5.41) is 3.04. The van der Waals surface area contributed by atoms with Crippen molar-refractivity contribution in [2.75, 3.05) is 17.1 Å². The summed E-state index contributed by atoms with van der Waals surface area (Å²) in [6.45, 7) is -1.05. The van der Waals surface area contributed by atoms with Crippen LogP contribution < -0.4 is 9.62 Å². The van der Waals surface area contributed by atoms with Crippen molar-refractivity contribution in [3.8, 4) is 0 Å². The van der Waals surface area contributed by atoms with Gasteiger partial charge in [-0.3, -0.25) is 13.9 Å². The standard InChI is InChI=1S/C30H33F2N3O4S/c1-40(38,39)35(27-18-10-9-17-26(27)32)21-29(36)34(20-23-13-5-8-16-25(23)31)28(19-22-11-3-2-4-12-22)30(37)33-24-14-6-7-15-24/h2-5,8-13,16-18,24,28H,6-7,14-15,19-21H2,1H3,(H,33,37)/t28-/m1/s1. The number of hydrogen-bond acceptors (Lipinski definition) is 4. The molecule has 7 nitrogen and oxygen atoms in total. The number of nitrogens with one attached hydrogen (secondary N) is 1. The molecule has 0 heterocycles. The second-order valence-corrected chi connectivity index (χ2v) is 11.9. The van der Waals surface area contributed by atoms with E-state index in [1.54, 1.807) is 6.07 Å². The Morgan fingerprint density at radius 2 is 1.50 bits per heavy atom. The second kappa shape index (κ2) is 13.0. The molecule has 1 saturated carbocycles. The Morgan fingerprint density at radius 1 is 0.900 bits per heavy atom. The largest absolute Gasteiger partial charge is 0.352 e. The van der Waals surface area contributed by atoms with Crippen molar-refractivity contribution in [2.24, 2.45) is 0 Å². The van der Waals surface area contributed by atoms with E-state index in [-0.39, 0.29) is 30.3 Å². The molecule has 0 aliphatic heterocycles. The van der Waals surface area contributed by atoms with Gasteiger partial charge in [0.1, 0.15) is 24.2 Å². The third-order valence-corrected chi connectivity index (χ3v) is 8.20. The number of sulfonamides is 1. The number of halogens is 2. The summed E-state index contributed by atoms with van der Waals surface area (Å²) >= 11 is 0. The molecule has 3 aromatic rings. The third-order valence-electron chi connectivity index (χ3n) is 7.07. The van der Waals surface area contributed by atoms with E-state index in [9.17, 15) is 26.8 Å². The minimum atomic E-state index is -4.10. The number of benzene rings is 3. The van der Waals surface area contributed by atoms with Crippen LogP contribution in [-0.2, 0) is 32.6 Å². The summed E-state index contributed by atoms with van der Waals surface area (Å²) in [6.07, 6.45) is 4.61. The second-order valence-electron chi connectivity index (χ2n) is 10.0. The zero-order valence-corrected chi connectivity index (χ0v) is 23.1. The van der Waals surface area contributed by atoms with E-state index in [2.05, 4.69) is 5.32 Å². The quantitative estimate of drug-likeness (QED) is 0.370. The summed E-state index contributed by atoms with van der Waals surface area (Å²) < 4.78 is 55.6. The lowest BCUT2D eigenvalue weighted by Crippen LogP contribution is -2.54. The van der Waals surface area contributed by atoms with Crippen LogP contribution in [0.15, 0.2) is 78.9 Å². The SMILES string of the molecule is CS(=O)(=O)N(CC(=O)N(Cc1ccccc1F)[C@H](Cc1ccccc1)C(=O)NC1CCCC1)c1ccccc1F. The van der Waals surface area contributed by atoms with Gasteiger partial charge in [0, 0.05) is 24.6 Å². The van der Waals surface area contributed by atoms with Gasteiger partial charge in [-0.05, 0) is 36.6 Å².